The number of aromatic nitrogens is 1. The summed E-state index contributed by atoms with van der Waals surface area (Å²) < 4.78 is 7.32. The number of para-hydroxylation sites is 1. The number of carboxylic acids is 1. The first-order valence-electron chi connectivity index (χ1n) is 8.32. The zero-order valence-electron chi connectivity index (χ0n) is 14.5. The quantitative estimate of drug-likeness (QED) is 0.644. The highest BCUT2D eigenvalue weighted by atomic mass is 16.4. The normalized spacial score (nSPS) is 11.0. The van der Waals surface area contributed by atoms with E-state index in [1.807, 2.05) is 60.9 Å². The van der Waals surface area contributed by atoms with Gasteiger partial charge in [0.15, 0.2) is 0 Å². The summed E-state index contributed by atoms with van der Waals surface area (Å²) in [7, 11) is 0. The van der Waals surface area contributed by atoms with Crippen LogP contribution in [0.25, 0.3) is 5.69 Å². The number of benzene rings is 1. The lowest BCUT2D eigenvalue weighted by atomic mass is 10.1. The summed E-state index contributed by atoms with van der Waals surface area (Å²) in [4.78, 5) is 11.8. The van der Waals surface area contributed by atoms with E-state index in [9.17, 15) is 9.90 Å². The number of carbonyl (C=O) groups is 1. The number of hydrogen-bond acceptors (Lipinski definition) is 3. The molecule has 0 amide bonds. The number of nitrogens with zero attached hydrogens (tertiary/aromatic N) is 1. The van der Waals surface area contributed by atoms with E-state index < -0.39 is 5.97 Å². The first kappa shape index (κ1) is 17.0. The van der Waals surface area contributed by atoms with Gasteiger partial charge in [0.1, 0.15) is 5.76 Å². The van der Waals surface area contributed by atoms with Gasteiger partial charge in [-0.15, -0.1) is 0 Å². The Balaban J connectivity index is 1.83. The zero-order valence-corrected chi connectivity index (χ0v) is 14.5. The fourth-order valence-corrected chi connectivity index (χ4v) is 3.24. The molecule has 0 spiro atoms. The van der Waals surface area contributed by atoms with Gasteiger partial charge >= 0.3 is 5.97 Å². The SMILES string of the molecule is Cc1c(CNCCc2ccco2)c(C(=O)O)c(C)n1-c1ccccc1. The maximum Gasteiger partial charge on any atom is 0.337 e. The molecular weight excluding hydrogens is 316 g/mol. The van der Waals surface area contributed by atoms with Crippen molar-refractivity contribution >= 4 is 5.97 Å². The Bertz CT molecular complexity index is 849. The Kier molecular flexibility index (Phi) is 5.05. The molecule has 3 rings (SSSR count). The van der Waals surface area contributed by atoms with Crippen LogP contribution in [-0.4, -0.2) is 22.2 Å². The summed E-state index contributed by atoms with van der Waals surface area (Å²) >= 11 is 0. The van der Waals surface area contributed by atoms with E-state index in [1.54, 1.807) is 6.26 Å². The highest BCUT2D eigenvalue weighted by Crippen LogP contribution is 2.26. The fourth-order valence-electron chi connectivity index (χ4n) is 3.24. The number of carboxylic acid groups (broad SMARTS) is 1. The largest absolute Gasteiger partial charge is 0.478 e. The summed E-state index contributed by atoms with van der Waals surface area (Å²) in [6.45, 7) is 5.06. The number of nitrogens with one attached hydrogen (secondary N) is 1. The standard InChI is InChI=1S/C20H22N2O3/c1-14-18(13-21-11-10-17-9-6-12-25-17)19(20(23)24)15(2)22(14)16-7-4-3-5-8-16/h3-9,12,21H,10-11,13H2,1-2H3,(H,23,24). The van der Waals surface area contributed by atoms with Crippen molar-refractivity contribution in [3.8, 4) is 5.69 Å². The van der Waals surface area contributed by atoms with Gasteiger partial charge < -0.3 is 19.4 Å². The first-order chi connectivity index (χ1) is 12.1. The van der Waals surface area contributed by atoms with Gasteiger partial charge in [-0.1, -0.05) is 18.2 Å². The molecule has 0 aliphatic rings. The molecule has 0 aliphatic carbocycles. The second-order valence-electron chi connectivity index (χ2n) is 6.01. The summed E-state index contributed by atoms with van der Waals surface area (Å²) in [5.74, 6) is 0.0267. The van der Waals surface area contributed by atoms with Gasteiger partial charge in [0, 0.05) is 42.1 Å². The Labute approximate surface area is 146 Å². The highest BCUT2D eigenvalue weighted by molar-refractivity contribution is 5.91. The van der Waals surface area contributed by atoms with Gasteiger partial charge in [0.05, 0.1) is 11.8 Å². The molecule has 5 heteroatoms. The van der Waals surface area contributed by atoms with Crippen LogP contribution in [0.4, 0.5) is 0 Å². The molecule has 0 atom stereocenters. The predicted octanol–water partition coefficient (Wildman–Crippen LogP) is 3.72. The summed E-state index contributed by atoms with van der Waals surface area (Å²) in [6.07, 6.45) is 2.43. The van der Waals surface area contributed by atoms with E-state index in [2.05, 4.69) is 5.32 Å². The second-order valence-corrected chi connectivity index (χ2v) is 6.01. The Hall–Kier alpha value is -2.79. The zero-order chi connectivity index (χ0) is 17.8. The van der Waals surface area contributed by atoms with Crippen LogP contribution in [0.3, 0.4) is 0 Å². The Morgan fingerprint density at radius 2 is 1.88 bits per heavy atom. The second kappa shape index (κ2) is 7.40. The average molecular weight is 338 g/mol. The molecule has 2 aromatic heterocycles. The van der Waals surface area contributed by atoms with Crippen LogP contribution in [0.1, 0.15) is 33.1 Å². The summed E-state index contributed by atoms with van der Waals surface area (Å²) in [6, 6.07) is 13.6. The van der Waals surface area contributed by atoms with Crippen molar-refractivity contribution in [3.63, 3.8) is 0 Å². The first-order valence-corrected chi connectivity index (χ1v) is 8.32. The third-order valence-corrected chi connectivity index (χ3v) is 4.43. The number of hydrogen-bond donors (Lipinski definition) is 2. The van der Waals surface area contributed by atoms with Gasteiger partial charge in [-0.05, 0) is 38.1 Å². The molecule has 2 N–H and O–H groups in total. The highest BCUT2D eigenvalue weighted by Gasteiger charge is 2.22. The molecule has 3 aromatic rings. The van der Waals surface area contributed by atoms with Crippen LogP contribution in [0.15, 0.2) is 53.1 Å². The van der Waals surface area contributed by atoms with Crippen molar-refractivity contribution < 1.29 is 14.3 Å². The third kappa shape index (κ3) is 3.51. The van der Waals surface area contributed by atoms with E-state index in [1.165, 1.54) is 0 Å². The molecule has 0 fully saturated rings. The third-order valence-electron chi connectivity index (χ3n) is 4.43. The summed E-state index contributed by atoms with van der Waals surface area (Å²) in [5, 5.41) is 13.0. The smallest absolute Gasteiger partial charge is 0.337 e. The maximum absolute atomic E-state index is 11.8. The molecular formula is C20H22N2O3. The van der Waals surface area contributed by atoms with Crippen LogP contribution in [0.5, 0.6) is 0 Å². The van der Waals surface area contributed by atoms with Gasteiger partial charge in [0.2, 0.25) is 0 Å². The molecule has 0 unspecified atom stereocenters. The topological polar surface area (TPSA) is 67.4 Å². The van der Waals surface area contributed by atoms with Crippen LogP contribution < -0.4 is 5.32 Å². The van der Waals surface area contributed by atoms with E-state index in [0.29, 0.717) is 12.1 Å². The molecule has 5 nitrogen and oxygen atoms in total. The minimum atomic E-state index is -0.891. The monoisotopic (exact) mass is 338 g/mol. The van der Waals surface area contributed by atoms with Gasteiger partial charge in [-0.3, -0.25) is 0 Å². The Morgan fingerprint density at radius 3 is 2.52 bits per heavy atom. The molecule has 0 aliphatic heterocycles. The van der Waals surface area contributed by atoms with Crippen LogP contribution in [0, 0.1) is 13.8 Å². The molecule has 2 heterocycles. The lowest BCUT2D eigenvalue weighted by molar-refractivity contribution is 0.0695. The lowest BCUT2D eigenvalue weighted by Gasteiger charge is -2.10. The molecule has 0 radical (unpaired) electrons. The van der Waals surface area contributed by atoms with E-state index in [0.717, 1.165) is 41.4 Å². The van der Waals surface area contributed by atoms with Crippen molar-refractivity contribution in [3.05, 3.63) is 77.0 Å². The maximum atomic E-state index is 11.8. The lowest BCUT2D eigenvalue weighted by Crippen LogP contribution is -2.18. The van der Waals surface area contributed by atoms with Crippen molar-refractivity contribution in [2.75, 3.05) is 6.54 Å². The van der Waals surface area contributed by atoms with Gasteiger partial charge in [-0.25, -0.2) is 4.79 Å². The minimum absolute atomic E-state index is 0.381. The van der Waals surface area contributed by atoms with Crippen molar-refractivity contribution in [2.45, 2.75) is 26.8 Å². The summed E-state index contributed by atoms with van der Waals surface area (Å²) in [5.41, 5.74) is 3.88. The number of aromatic carboxylic acids is 1. The molecule has 0 saturated heterocycles. The van der Waals surface area contributed by atoms with Gasteiger partial charge in [-0.2, -0.15) is 0 Å². The van der Waals surface area contributed by atoms with Crippen molar-refractivity contribution in [2.24, 2.45) is 0 Å². The number of furan rings is 1. The van der Waals surface area contributed by atoms with E-state index in [-0.39, 0.29) is 0 Å². The van der Waals surface area contributed by atoms with Crippen LogP contribution in [-0.2, 0) is 13.0 Å². The molecule has 25 heavy (non-hydrogen) atoms. The van der Waals surface area contributed by atoms with Crippen LogP contribution >= 0.6 is 0 Å². The Morgan fingerprint density at radius 1 is 1.12 bits per heavy atom. The van der Waals surface area contributed by atoms with Gasteiger partial charge in [0.25, 0.3) is 0 Å². The van der Waals surface area contributed by atoms with Crippen molar-refractivity contribution in [1.29, 1.82) is 0 Å². The number of rotatable bonds is 7. The minimum Gasteiger partial charge on any atom is -0.478 e. The molecule has 130 valence electrons. The predicted molar refractivity (Wildman–Crippen MR) is 96.3 cm³/mol. The van der Waals surface area contributed by atoms with E-state index >= 15 is 0 Å². The molecule has 0 bridgehead atoms. The van der Waals surface area contributed by atoms with Crippen molar-refractivity contribution in [1.82, 2.24) is 9.88 Å². The molecule has 1 aromatic carbocycles. The fraction of sp³-hybridized carbons (Fsp3) is 0.250. The molecule has 0 saturated carbocycles. The van der Waals surface area contributed by atoms with Crippen LogP contribution in [0.2, 0.25) is 0 Å². The van der Waals surface area contributed by atoms with E-state index in [4.69, 9.17) is 4.42 Å². The average Bonchev–Trinajstić information content (AvgIpc) is 3.19.